The molecule has 0 aromatic carbocycles. The van der Waals surface area contributed by atoms with Gasteiger partial charge in [-0.05, 0) is 23.7 Å². The van der Waals surface area contributed by atoms with E-state index in [0.29, 0.717) is 0 Å². The van der Waals surface area contributed by atoms with Crippen LogP contribution < -0.4 is 0 Å². The first-order chi connectivity index (χ1) is 8.89. The molecule has 0 saturated heterocycles. The third-order valence-electron chi connectivity index (χ3n) is 5.06. The minimum absolute atomic E-state index is 0.129. The van der Waals surface area contributed by atoms with Gasteiger partial charge in [0.05, 0.1) is 0 Å². The van der Waals surface area contributed by atoms with Crippen molar-refractivity contribution in [3.05, 3.63) is 4.98 Å². The Morgan fingerprint density at radius 3 is 1.40 bits per heavy atom. The molecule has 0 bridgehead atoms. The fourth-order valence-electron chi connectivity index (χ4n) is 4.32. The van der Waals surface area contributed by atoms with E-state index in [4.69, 9.17) is 22.0 Å². The van der Waals surface area contributed by atoms with E-state index in [1.54, 1.807) is 0 Å². The summed E-state index contributed by atoms with van der Waals surface area (Å²) in [4.78, 5) is 5.23. The molecular formula is C15H32Cl2NSiZr+. The molecule has 1 aliphatic carbocycles. The standard InChI is InChI=1S/C15H32NSi.2ClH.Zr/c1-10-11(2)13(4)14(12(10)3)17(8,9)16-15(5,6)7;;;/h10-14H,1-9H3;2*1H;/q-1;;;+4/p-2. The van der Waals surface area contributed by atoms with Gasteiger partial charge in [-0.2, -0.15) is 0 Å². The summed E-state index contributed by atoms with van der Waals surface area (Å²) in [6.07, 6.45) is 0. The molecule has 4 atom stereocenters. The van der Waals surface area contributed by atoms with Crippen molar-refractivity contribution in [2.45, 2.75) is 72.6 Å². The summed E-state index contributed by atoms with van der Waals surface area (Å²) >= 11 is -0.826. The Kier molecular flexibility index (Phi) is 9.18. The zero-order chi connectivity index (χ0) is 16.3. The van der Waals surface area contributed by atoms with E-state index in [9.17, 15) is 0 Å². The molecule has 1 nitrogen and oxygen atoms in total. The fourth-order valence-corrected chi connectivity index (χ4v) is 9.37. The van der Waals surface area contributed by atoms with Crippen LogP contribution in [-0.4, -0.2) is 13.8 Å². The van der Waals surface area contributed by atoms with E-state index in [0.717, 1.165) is 29.2 Å². The zero-order valence-electron chi connectivity index (χ0n) is 14.6. The first-order valence-electron chi connectivity index (χ1n) is 7.59. The molecule has 1 fully saturated rings. The summed E-state index contributed by atoms with van der Waals surface area (Å²) < 4.78 is 0. The van der Waals surface area contributed by atoms with Gasteiger partial charge in [0.15, 0.2) is 0 Å². The van der Waals surface area contributed by atoms with Gasteiger partial charge >= 0.3 is 37.9 Å². The second-order valence-corrected chi connectivity index (χ2v) is 15.9. The molecule has 4 unspecified atom stereocenters. The summed E-state index contributed by atoms with van der Waals surface area (Å²) in [6.45, 7) is 21.5. The van der Waals surface area contributed by atoms with Crippen LogP contribution in [0.4, 0.5) is 0 Å². The monoisotopic (exact) mass is 414 g/mol. The quantitative estimate of drug-likeness (QED) is 0.446. The maximum atomic E-state index is 5.23. The van der Waals surface area contributed by atoms with Crippen LogP contribution in [0.1, 0.15) is 48.5 Å². The molecule has 0 radical (unpaired) electrons. The van der Waals surface area contributed by atoms with Gasteiger partial charge in [-0.15, -0.1) is 5.54 Å². The zero-order valence-corrected chi connectivity index (χ0v) is 19.6. The predicted molar refractivity (Wildman–Crippen MR) is 92.7 cm³/mol. The molecule has 0 heterocycles. The molecule has 118 valence electrons. The van der Waals surface area contributed by atoms with E-state index >= 15 is 0 Å². The summed E-state index contributed by atoms with van der Waals surface area (Å²) in [6, 6.07) is 0. The molecule has 0 N–H and O–H groups in total. The van der Waals surface area contributed by atoms with Crippen LogP contribution in [0, 0.1) is 23.7 Å². The number of halogens is 2. The maximum absolute atomic E-state index is 5.23. The average Bonchev–Trinajstić information content (AvgIpc) is 2.41. The predicted octanol–water partition coefficient (Wildman–Crippen LogP) is 6.67. The van der Waals surface area contributed by atoms with Crippen LogP contribution >= 0.6 is 17.0 Å². The van der Waals surface area contributed by atoms with E-state index < -0.39 is 29.1 Å². The van der Waals surface area contributed by atoms with Crippen LogP contribution in [0.15, 0.2) is 0 Å². The van der Waals surface area contributed by atoms with Crippen LogP contribution in [0.25, 0.3) is 4.98 Å². The second kappa shape index (κ2) is 8.48. The van der Waals surface area contributed by atoms with Crippen LogP contribution in [0.5, 0.6) is 0 Å². The Hall–Kier alpha value is 1.64. The Morgan fingerprint density at radius 1 is 0.850 bits per heavy atom. The third kappa shape index (κ3) is 6.03. The number of rotatable bonds is 2. The first kappa shape index (κ1) is 21.6. The summed E-state index contributed by atoms with van der Waals surface area (Å²) in [5.74, 6) is 3.40. The van der Waals surface area contributed by atoms with Gasteiger partial charge in [0.2, 0.25) is 0 Å². The van der Waals surface area contributed by atoms with Gasteiger partial charge < -0.3 is 4.98 Å². The fraction of sp³-hybridized carbons (Fsp3) is 1.00. The van der Waals surface area contributed by atoms with Gasteiger partial charge in [-0.3, -0.25) is 0 Å². The Balaban J connectivity index is 0.00000110. The Morgan fingerprint density at radius 2 is 1.15 bits per heavy atom. The van der Waals surface area contributed by atoms with Gasteiger partial charge in [0, 0.05) is 0 Å². The summed E-state index contributed by atoms with van der Waals surface area (Å²) in [5, 5.41) is 0. The number of nitrogens with zero attached hydrogens (tertiary/aromatic N) is 1. The number of hydrogen-bond acceptors (Lipinski definition) is 0. The second-order valence-electron chi connectivity index (χ2n) is 7.97. The molecule has 0 amide bonds. The first-order valence-corrected chi connectivity index (χ1v) is 16.9. The molecule has 0 aromatic heterocycles. The molecule has 5 heteroatoms. The van der Waals surface area contributed by atoms with Crippen molar-refractivity contribution >= 4 is 25.3 Å². The van der Waals surface area contributed by atoms with Gasteiger partial charge in [-0.25, -0.2) is 0 Å². The topological polar surface area (TPSA) is 14.1 Å². The molecule has 1 aliphatic rings. The van der Waals surface area contributed by atoms with E-state index in [1.165, 1.54) is 0 Å². The van der Waals surface area contributed by atoms with E-state index in [2.05, 4.69) is 61.6 Å². The van der Waals surface area contributed by atoms with Crippen LogP contribution in [0.2, 0.25) is 18.6 Å². The number of hydrogen-bond donors (Lipinski definition) is 0. The molecular weight excluding hydrogens is 384 g/mol. The van der Waals surface area contributed by atoms with Crippen molar-refractivity contribution in [2.75, 3.05) is 0 Å². The average molecular weight is 417 g/mol. The third-order valence-corrected chi connectivity index (χ3v) is 8.99. The van der Waals surface area contributed by atoms with Gasteiger partial charge in [0.1, 0.15) is 0 Å². The van der Waals surface area contributed by atoms with Gasteiger partial charge in [0.25, 0.3) is 0 Å². The molecule has 0 spiro atoms. The van der Waals surface area contributed by atoms with E-state index in [1.807, 2.05) is 0 Å². The van der Waals surface area contributed by atoms with Crippen molar-refractivity contribution in [1.29, 1.82) is 0 Å². The van der Waals surface area contributed by atoms with Crippen molar-refractivity contribution in [2.24, 2.45) is 23.7 Å². The normalized spacial score (nSPS) is 34.2. The molecule has 1 rings (SSSR count). The van der Waals surface area contributed by atoms with E-state index in [-0.39, 0.29) is 5.54 Å². The van der Waals surface area contributed by atoms with Crippen molar-refractivity contribution in [3.63, 3.8) is 0 Å². The summed E-state index contributed by atoms with van der Waals surface area (Å²) in [5.41, 5.74) is 0.983. The minimum atomic E-state index is -1.49. The summed E-state index contributed by atoms with van der Waals surface area (Å²) in [7, 11) is 8.38. The van der Waals surface area contributed by atoms with Crippen LogP contribution in [0.3, 0.4) is 0 Å². The molecule has 0 aliphatic heterocycles. The van der Waals surface area contributed by atoms with Crippen LogP contribution in [-0.2, 0) is 20.8 Å². The van der Waals surface area contributed by atoms with Crippen molar-refractivity contribution < 1.29 is 20.8 Å². The molecule has 20 heavy (non-hydrogen) atoms. The van der Waals surface area contributed by atoms with Gasteiger partial charge in [-0.1, -0.05) is 75.3 Å². The molecule has 0 aromatic rings. The Bertz CT molecular complexity index is 280. The van der Waals surface area contributed by atoms with Crippen molar-refractivity contribution in [1.82, 2.24) is 0 Å². The molecule has 1 saturated carbocycles. The Labute approximate surface area is 146 Å². The van der Waals surface area contributed by atoms with Crippen molar-refractivity contribution in [3.8, 4) is 0 Å². The SMILES string of the molecule is CC1C(C)C(C)C([Si](C)(C)[N-]C(C)(C)C)C1C.[Cl][Zr+2][Cl].